The largest absolute Gasteiger partial charge is 0.298 e. The fraction of sp³-hybridized carbons (Fsp3) is 0.0909. The Labute approximate surface area is 86.2 Å². The molecule has 0 aliphatic heterocycles. The SMILES string of the molecule is Cc1ccc(C=O)cc1-c1cscn1. The standard InChI is InChI=1S/C11H9NOS/c1-8-2-3-9(5-13)4-10(8)11-6-14-7-12-11/h2-7H,1H3. The first-order valence-corrected chi connectivity index (χ1v) is 5.20. The first-order chi connectivity index (χ1) is 6.81. The second-order valence-corrected chi connectivity index (χ2v) is 3.78. The Morgan fingerprint density at radius 2 is 2.29 bits per heavy atom. The van der Waals surface area contributed by atoms with Gasteiger partial charge in [0.2, 0.25) is 0 Å². The molecule has 0 spiro atoms. The lowest BCUT2D eigenvalue weighted by atomic mass is 10.0. The molecule has 0 saturated heterocycles. The maximum absolute atomic E-state index is 10.6. The van der Waals surface area contributed by atoms with Gasteiger partial charge in [0.05, 0.1) is 11.2 Å². The van der Waals surface area contributed by atoms with Crippen LogP contribution in [0.2, 0.25) is 0 Å². The number of carbonyl (C=O) groups excluding carboxylic acids is 1. The lowest BCUT2D eigenvalue weighted by molar-refractivity contribution is 0.112. The maximum atomic E-state index is 10.6. The normalized spacial score (nSPS) is 10.1. The summed E-state index contributed by atoms with van der Waals surface area (Å²) in [6.45, 7) is 2.02. The number of benzene rings is 1. The summed E-state index contributed by atoms with van der Waals surface area (Å²) in [5, 5.41) is 1.98. The molecule has 1 aromatic carbocycles. The van der Waals surface area contributed by atoms with E-state index in [4.69, 9.17) is 0 Å². The third-order valence-corrected chi connectivity index (χ3v) is 2.69. The van der Waals surface area contributed by atoms with Gasteiger partial charge in [-0.25, -0.2) is 4.98 Å². The minimum absolute atomic E-state index is 0.693. The molecule has 0 saturated carbocycles. The van der Waals surface area contributed by atoms with Gasteiger partial charge in [0.15, 0.2) is 0 Å². The number of nitrogens with zero attached hydrogens (tertiary/aromatic N) is 1. The molecule has 0 aliphatic rings. The summed E-state index contributed by atoms with van der Waals surface area (Å²) >= 11 is 1.56. The van der Waals surface area contributed by atoms with E-state index in [-0.39, 0.29) is 0 Å². The van der Waals surface area contributed by atoms with Gasteiger partial charge in [0, 0.05) is 16.5 Å². The zero-order valence-electron chi connectivity index (χ0n) is 7.73. The molecule has 0 amide bonds. The van der Waals surface area contributed by atoms with Crippen LogP contribution in [0.15, 0.2) is 29.1 Å². The fourth-order valence-corrected chi connectivity index (χ4v) is 1.89. The number of thiazole rings is 1. The van der Waals surface area contributed by atoms with Gasteiger partial charge in [-0.2, -0.15) is 0 Å². The molecule has 2 aromatic rings. The zero-order chi connectivity index (χ0) is 9.97. The third kappa shape index (κ3) is 1.59. The average molecular weight is 203 g/mol. The van der Waals surface area contributed by atoms with Crippen LogP contribution in [0.1, 0.15) is 15.9 Å². The average Bonchev–Trinajstić information content (AvgIpc) is 2.71. The van der Waals surface area contributed by atoms with E-state index in [1.165, 1.54) is 0 Å². The van der Waals surface area contributed by atoms with Crippen molar-refractivity contribution in [2.75, 3.05) is 0 Å². The molecule has 0 radical (unpaired) electrons. The molecule has 0 fully saturated rings. The molecule has 2 rings (SSSR count). The van der Waals surface area contributed by atoms with E-state index in [0.717, 1.165) is 23.1 Å². The van der Waals surface area contributed by atoms with Gasteiger partial charge in [-0.3, -0.25) is 4.79 Å². The Balaban J connectivity index is 2.57. The molecule has 70 valence electrons. The predicted molar refractivity (Wildman–Crippen MR) is 57.7 cm³/mol. The number of aromatic nitrogens is 1. The van der Waals surface area contributed by atoms with Crippen molar-refractivity contribution in [2.45, 2.75) is 6.92 Å². The van der Waals surface area contributed by atoms with E-state index in [2.05, 4.69) is 4.98 Å². The van der Waals surface area contributed by atoms with Crippen molar-refractivity contribution in [1.29, 1.82) is 0 Å². The van der Waals surface area contributed by atoms with Crippen LogP contribution in [-0.2, 0) is 0 Å². The van der Waals surface area contributed by atoms with E-state index in [9.17, 15) is 4.79 Å². The molecule has 14 heavy (non-hydrogen) atoms. The Bertz CT molecular complexity index is 448. The number of aryl methyl sites for hydroxylation is 1. The van der Waals surface area contributed by atoms with E-state index in [1.54, 1.807) is 16.8 Å². The van der Waals surface area contributed by atoms with Gasteiger partial charge in [0.1, 0.15) is 6.29 Å². The van der Waals surface area contributed by atoms with Crippen LogP contribution in [0, 0.1) is 6.92 Å². The van der Waals surface area contributed by atoms with Crippen molar-refractivity contribution in [3.8, 4) is 11.3 Å². The van der Waals surface area contributed by atoms with Crippen LogP contribution >= 0.6 is 11.3 Å². The van der Waals surface area contributed by atoms with E-state index in [0.29, 0.717) is 5.56 Å². The van der Waals surface area contributed by atoms with Gasteiger partial charge < -0.3 is 0 Å². The van der Waals surface area contributed by atoms with Crippen molar-refractivity contribution >= 4 is 17.6 Å². The minimum Gasteiger partial charge on any atom is -0.298 e. The summed E-state index contributed by atoms with van der Waals surface area (Å²) in [5.41, 5.74) is 5.61. The zero-order valence-corrected chi connectivity index (χ0v) is 8.54. The van der Waals surface area contributed by atoms with Gasteiger partial charge in [-0.05, 0) is 18.6 Å². The van der Waals surface area contributed by atoms with Crippen LogP contribution in [0.5, 0.6) is 0 Å². The maximum Gasteiger partial charge on any atom is 0.150 e. The van der Waals surface area contributed by atoms with Gasteiger partial charge >= 0.3 is 0 Å². The second-order valence-electron chi connectivity index (χ2n) is 3.07. The molecule has 2 nitrogen and oxygen atoms in total. The van der Waals surface area contributed by atoms with Crippen molar-refractivity contribution in [3.63, 3.8) is 0 Å². The predicted octanol–water partition coefficient (Wildman–Crippen LogP) is 2.93. The van der Waals surface area contributed by atoms with Crippen LogP contribution < -0.4 is 0 Å². The Morgan fingerprint density at radius 3 is 2.93 bits per heavy atom. The van der Waals surface area contributed by atoms with Gasteiger partial charge in [0.25, 0.3) is 0 Å². The highest BCUT2D eigenvalue weighted by atomic mass is 32.1. The van der Waals surface area contributed by atoms with Crippen LogP contribution in [0.4, 0.5) is 0 Å². The van der Waals surface area contributed by atoms with Gasteiger partial charge in [-0.1, -0.05) is 12.1 Å². The molecular weight excluding hydrogens is 194 g/mol. The molecular formula is C11H9NOS. The monoisotopic (exact) mass is 203 g/mol. The number of hydrogen-bond donors (Lipinski definition) is 0. The van der Waals surface area contributed by atoms with Crippen LogP contribution in [-0.4, -0.2) is 11.3 Å². The second kappa shape index (κ2) is 3.72. The summed E-state index contributed by atoms with van der Waals surface area (Å²) in [7, 11) is 0. The molecule has 0 N–H and O–H groups in total. The molecule has 3 heteroatoms. The van der Waals surface area contributed by atoms with Crippen LogP contribution in [0.3, 0.4) is 0 Å². The molecule has 0 atom stereocenters. The highest BCUT2D eigenvalue weighted by Crippen LogP contribution is 2.23. The van der Waals surface area contributed by atoms with Gasteiger partial charge in [-0.15, -0.1) is 11.3 Å². The summed E-state index contributed by atoms with van der Waals surface area (Å²) < 4.78 is 0. The molecule has 0 aliphatic carbocycles. The third-order valence-electron chi connectivity index (χ3n) is 2.11. The van der Waals surface area contributed by atoms with Crippen molar-refractivity contribution in [1.82, 2.24) is 4.98 Å². The lowest BCUT2D eigenvalue weighted by Gasteiger charge is -2.02. The first kappa shape index (κ1) is 9.09. The number of carbonyl (C=O) groups is 1. The highest BCUT2D eigenvalue weighted by molar-refractivity contribution is 7.07. The minimum atomic E-state index is 0.693. The molecule has 0 bridgehead atoms. The number of aldehydes is 1. The van der Waals surface area contributed by atoms with E-state index >= 15 is 0 Å². The fourth-order valence-electron chi connectivity index (χ4n) is 1.33. The van der Waals surface area contributed by atoms with E-state index < -0.39 is 0 Å². The van der Waals surface area contributed by atoms with Crippen molar-refractivity contribution in [3.05, 3.63) is 40.2 Å². The number of hydrogen-bond acceptors (Lipinski definition) is 3. The van der Waals surface area contributed by atoms with Crippen molar-refractivity contribution < 1.29 is 4.79 Å². The lowest BCUT2D eigenvalue weighted by Crippen LogP contribution is -1.86. The topological polar surface area (TPSA) is 30.0 Å². The molecule has 1 aromatic heterocycles. The first-order valence-electron chi connectivity index (χ1n) is 4.25. The van der Waals surface area contributed by atoms with Crippen LogP contribution in [0.25, 0.3) is 11.3 Å². The number of rotatable bonds is 2. The Hall–Kier alpha value is -1.48. The summed E-state index contributed by atoms with van der Waals surface area (Å²) in [5.74, 6) is 0. The quantitative estimate of drug-likeness (QED) is 0.702. The van der Waals surface area contributed by atoms with E-state index in [1.807, 2.05) is 30.5 Å². The van der Waals surface area contributed by atoms with Crippen molar-refractivity contribution in [2.24, 2.45) is 0 Å². The Morgan fingerprint density at radius 1 is 1.43 bits per heavy atom. The molecule has 1 heterocycles. The highest BCUT2D eigenvalue weighted by Gasteiger charge is 2.04. The summed E-state index contributed by atoms with van der Waals surface area (Å²) in [4.78, 5) is 14.8. The summed E-state index contributed by atoms with van der Waals surface area (Å²) in [6, 6.07) is 5.63. The molecule has 0 unspecified atom stereocenters. The Kier molecular flexibility index (Phi) is 2.41. The smallest absolute Gasteiger partial charge is 0.150 e. The summed E-state index contributed by atoms with van der Waals surface area (Å²) in [6.07, 6.45) is 0.856.